The maximum absolute atomic E-state index is 13.4. The van der Waals surface area contributed by atoms with E-state index in [0.717, 1.165) is 11.1 Å². The van der Waals surface area contributed by atoms with Crippen molar-refractivity contribution in [1.82, 2.24) is 10.2 Å². The number of carbonyl (C=O) groups excluding carboxylic acids is 3. The molecule has 0 spiro atoms. The Morgan fingerprint density at radius 3 is 2.45 bits per heavy atom. The van der Waals surface area contributed by atoms with Gasteiger partial charge in [-0.3, -0.25) is 9.59 Å². The second kappa shape index (κ2) is 11.0. The average molecular weight is 472 g/mol. The van der Waals surface area contributed by atoms with Crippen molar-refractivity contribution in [2.45, 2.75) is 39.3 Å². The van der Waals surface area contributed by atoms with Gasteiger partial charge in [-0.05, 0) is 56.5 Å². The number of anilines is 1. The lowest BCUT2D eigenvalue weighted by Gasteiger charge is -2.29. The lowest BCUT2D eigenvalue weighted by molar-refractivity contribution is -0.136. The minimum atomic E-state index is -0.978. The molecule has 0 aliphatic rings. The van der Waals surface area contributed by atoms with Crippen LogP contribution in [0.25, 0.3) is 6.08 Å². The third kappa shape index (κ3) is 7.36. The Kier molecular flexibility index (Phi) is 8.65. The minimum absolute atomic E-state index is 0.332. The number of alkyl carbamates (subject to hydrolysis) is 1. The molecule has 0 fully saturated rings. The van der Waals surface area contributed by atoms with E-state index < -0.39 is 29.6 Å². The van der Waals surface area contributed by atoms with Crippen LogP contribution in [-0.2, 0) is 14.3 Å². The van der Waals surface area contributed by atoms with Crippen molar-refractivity contribution in [3.05, 3.63) is 70.8 Å². The van der Waals surface area contributed by atoms with Crippen molar-refractivity contribution in [3.63, 3.8) is 0 Å². The Labute approximate surface area is 199 Å². The highest BCUT2D eigenvalue weighted by Crippen LogP contribution is 2.29. The number of benzene rings is 2. The summed E-state index contributed by atoms with van der Waals surface area (Å²) in [5.41, 5.74) is 1.95. The van der Waals surface area contributed by atoms with E-state index in [9.17, 15) is 14.4 Å². The molecule has 0 bridgehead atoms. The monoisotopic (exact) mass is 471 g/mol. The fourth-order valence-corrected chi connectivity index (χ4v) is 3.39. The highest BCUT2D eigenvalue weighted by atomic mass is 35.5. The summed E-state index contributed by atoms with van der Waals surface area (Å²) in [4.78, 5) is 39.5. The van der Waals surface area contributed by atoms with Crippen LogP contribution in [0.4, 0.5) is 10.5 Å². The van der Waals surface area contributed by atoms with Gasteiger partial charge in [0, 0.05) is 7.05 Å². The van der Waals surface area contributed by atoms with Crippen molar-refractivity contribution in [1.29, 1.82) is 0 Å². The Bertz CT molecular complexity index is 1030. The third-order valence-corrected chi connectivity index (χ3v) is 5.06. The summed E-state index contributed by atoms with van der Waals surface area (Å²) in [7, 11) is 1.50. The van der Waals surface area contributed by atoms with Gasteiger partial charge in [-0.15, -0.1) is 0 Å². The van der Waals surface area contributed by atoms with Crippen LogP contribution in [0, 0.1) is 6.92 Å². The van der Waals surface area contributed by atoms with Crippen LogP contribution >= 0.6 is 11.6 Å². The van der Waals surface area contributed by atoms with Gasteiger partial charge in [0.2, 0.25) is 5.91 Å². The van der Waals surface area contributed by atoms with E-state index in [1.807, 2.05) is 19.1 Å². The van der Waals surface area contributed by atoms with Crippen molar-refractivity contribution in [2.24, 2.45) is 0 Å². The van der Waals surface area contributed by atoms with Crippen LogP contribution in [-0.4, -0.2) is 42.0 Å². The van der Waals surface area contributed by atoms with Gasteiger partial charge in [-0.2, -0.15) is 0 Å². The molecule has 0 saturated heterocycles. The molecule has 8 heteroatoms. The molecule has 0 aromatic heterocycles. The highest BCUT2D eigenvalue weighted by molar-refractivity contribution is 6.34. The average Bonchev–Trinajstić information content (AvgIpc) is 2.73. The molecule has 7 nitrogen and oxygen atoms in total. The number of nitrogens with one attached hydrogen (secondary N) is 2. The summed E-state index contributed by atoms with van der Waals surface area (Å²) in [5, 5.41) is 5.67. The van der Waals surface area contributed by atoms with E-state index in [1.54, 1.807) is 57.2 Å². The number of amides is 3. The summed E-state index contributed by atoms with van der Waals surface area (Å²) in [6, 6.07) is 11.5. The summed E-state index contributed by atoms with van der Waals surface area (Å²) >= 11 is 6.28. The van der Waals surface area contributed by atoms with Crippen LogP contribution < -0.4 is 10.6 Å². The van der Waals surface area contributed by atoms with Crippen molar-refractivity contribution >= 4 is 41.3 Å². The summed E-state index contributed by atoms with van der Waals surface area (Å²) in [6.07, 6.45) is 0.938. The molecule has 0 saturated carbocycles. The lowest BCUT2D eigenvalue weighted by Crippen LogP contribution is -2.44. The zero-order valence-electron chi connectivity index (χ0n) is 19.6. The number of halogens is 1. The molecule has 0 radical (unpaired) electrons. The molecule has 2 aromatic carbocycles. The van der Waals surface area contributed by atoms with Crippen molar-refractivity contribution in [2.75, 3.05) is 18.9 Å². The molecule has 33 heavy (non-hydrogen) atoms. The standard InChI is InChI=1S/C25H30ClN3O4/c1-7-17-11-9-12-18(14-17)22(23(31)28-21-16(2)10-8-13-19(21)26)29(6)20(30)15-27-24(32)33-25(3,4)5/h7-14,22H,1,15H2,2-6H3,(H,27,32)(H,28,31). The Balaban J connectivity index is 2.30. The van der Waals surface area contributed by atoms with Crippen LogP contribution in [0.2, 0.25) is 5.02 Å². The fraction of sp³-hybridized carbons (Fsp3) is 0.320. The number of aryl methyl sites for hydroxylation is 1. The quantitative estimate of drug-likeness (QED) is 0.597. The highest BCUT2D eigenvalue weighted by Gasteiger charge is 2.30. The third-order valence-electron chi connectivity index (χ3n) is 4.74. The number of carbonyl (C=O) groups is 3. The van der Waals surface area contributed by atoms with E-state index in [1.165, 1.54) is 11.9 Å². The second-order valence-corrected chi connectivity index (χ2v) is 8.97. The molecule has 2 rings (SSSR count). The number of hydrogen-bond acceptors (Lipinski definition) is 4. The van der Waals surface area contributed by atoms with E-state index in [4.69, 9.17) is 16.3 Å². The summed E-state index contributed by atoms with van der Waals surface area (Å²) < 4.78 is 5.17. The van der Waals surface area contributed by atoms with Gasteiger partial charge < -0.3 is 20.3 Å². The second-order valence-electron chi connectivity index (χ2n) is 8.56. The summed E-state index contributed by atoms with van der Waals surface area (Å²) in [5.74, 6) is -0.915. The van der Waals surface area contributed by atoms with Gasteiger partial charge in [0.15, 0.2) is 0 Å². The van der Waals surface area contributed by atoms with Crippen LogP contribution in [0.15, 0.2) is 49.0 Å². The maximum atomic E-state index is 13.4. The van der Waals surface area contributed by atoms with E-state index >= 15 is 0 Å². The number of para-hydroxylation sites is 1. The normalized spacial score (nSPS) is 11.8. The van der Waals surface area contributed by atoms with Gasteiger partial charge in [0.25, 0.3) is 5.91 Å². The zero-order valence-corrected chi connectivity index (χ0v) is 20.3. The van der Waals surface area contributed by atoms with Crippen LogP contribution in [0.5, 0.6) is 0 Å². The number of rotatable bonds is 7. The number of nitrogens with zero attached hydrogens (tertiary/aromatic N) is 1. The number of hydrogen-bond donors (Lipinski definition) is 2. The first-order valence-electron chi connectivity index (χ1n) is 10.4. The molecule has 2 N–H and O–H groups in total. The molecule has 3 amide bonds. The zero-order chi connectivity index (χ0) is 24.8. The predicted octanol–water partition coefficient (Wildman–Crippen LogP) is 4.95. The SMILES string of the molecule is C=Cc1cccc(C(C(=O)Nc2c(C)cccc2Cl)N(C)C(=O)CNC(=O)OC(C)(C)C)c1. The Morgan fingerprint density at radius 2 is 1.85 bits per heavy atom. The van der Waals surface area contributed by atoms with Gasteiger partial charge >= 0.3 is 6.09 Å². The Morgan fingerprint density at radius 1 is 1.18 bits per heavy atom. The molecule has 1 unspecified atom stereocenters. The topological polar surface area (TPSA) is 87.7 Å². The smallest absolute Gasteiger partial charge is 0.408 e. The number of ether oxygens (including phenoxy) is 1. The van der Waals surface area contributed by atoms with E-state index in [0.29, 0.717) is 16.3 Å². The van der Waals surface area contributed by atoms with Crippen LogP contribution in [0.1, 0.15) is 43.5 Å². The summed E-state index contributed by atoms with van der Waals surface area (Å²) in [6.45, 7) is 10.4. The minimum Gasteiger partial charge on any atom is -0.444 e. The van der Waals surface area contributed by atoms with Gasteiger partial charge in [0.05, 0.1) is 10.7 Å². The molecular formula is C25H30ClN3O4. The first-order valence-corrected chi connectivity index (χ1v) is 10.8. The van der Waals surface area contributed by atoms with Crippen molar-refractivity contribution < 1.29 is 19.1 Å². The van der Waals surface area contributed by atoms with Gasteiger partial charge in [-0.25, -0.2) is 4.79 Å². The van der Waals surface area contributed by atoms with Crippen molar-refractivity contribution in [3.8, 4) is 0 Å². The fourth-order valence-electron chi connectivity index (χ4n) is 3.12. The van der Waals surface area contributed by atoms with E-state index in [2.05, 4.69) is 17.2 Å². The molecule has 0 aliphatic heterocycles. The van der Waals surface area contributed by atoms with Crippen LogP contribution in [0.3, 0.4) is 0 Å². The molecule has 0 heterocycles. The first kappa shape index (κ1) is 25.9. The van der Waals surface area contributed by atoms with E-state index in [-0.39, 0.29) is 6.54 Å². The predicted molar refractivity (Wildman–Crippen MR) is 131 cm³/mol. The molecule has 0 aliphatic carbocycles. The molecule has 2 aromatic rings. The molecule has 1 atom stereocenters. The molecule has 176 valence electrons. The van der Waals surface area contributed by atoms with Gasteiger partial charge in [0.1, 0.15) is 18.2 Å². The van der Waals surface area contributed by atoms with Gasteiger partial charge in [-0.1, -0.05) is 54.6 Å². The first-order chi connectivity index (χ1) is 15.4. The number of likely N-dealkylation sites (N-methyl/N-ethyl adjacent to an activating group) is 1. The maximum Gasteiger partial charge on any atom is 0.408 e. The molecular weight excluding hydrogens is 442 g/mol. The lowest BCUT2D eigenvalue weighted by atomic mass is 10.0. The largest absolute Gasteiger partial charge is 0.444 e. The Hall–Kier alpha value is -3.32.